The van der Waals surface area contributed by atoms with Crippen LogP contribution < -0.4 is 14.5 Å². The van der Waals surface area contributed by atoms with Gasteiger partial charge >= 0.3 is 0 Å². The molecule has 6 aliphatic rings. The second-order valence-corrected chi connectivity index (χ2v) is 13.0. The monoisotopic (exact) mass is 582 g/mol. The Balaban J connectivity index is 1.34. The largest absolute Gasteiger partial charge is 0.416 e. The minimum atomic E-state index is -3.67. The van der Waals surface area contributed by atoms with E-state index >= 15 is 0 Å². The first kappa shape index (κ1) is 27.9. The van der Waals surface area contributed by atoms with E-state index in [1.807, 2.05) is 18.2 Å². The molecule has 220 valence electrons. The van der Waals surface area contributed by atoms with Crippen LogP contribution in [0.5, 0.6) is 0 Å². The summed E-state index contributed by atoms with van der Waals surface area (Å²) in [6.07, 6.45) is 9.64. The Labute approximate surface area is 241 Å². The van der Waals surface area contributed by atoms with Crippen molar-refractivity contribution in [3.05, 3.63) is 36.5 Å². The molecule has 12 heteroatoms. The fourth-order valence-corrected chi connectivity index (χ4v) is 6.89. The van der Waals surface area contributed by atoms with Crippen LogP contribution in [0.3, 0.4) is 0 Å². The van der Waals surface area contributed by atoms with Crippen molar-refractivity contribution in [3.8, 4) is 22.9 Å². The van der Waals surface area contributed by atoms with Crippen molar-refractivity contribution in [2.75, 3.05) is 59.7 Å². The predicted molar refractivity (Wildman–Crippen MR) is 157 cm³/mol. The second-order valence-electron chi connectivity index (χ2n) is 11.2. The number of aliphatic hydroxyl groups is 1. The number of hydrogen-bond donors (Lipinski definition) is 2. The average molecular weight is 583 g/mol. The third-order valence-corrected chi connectivity index (χ3v) is 9.63. The van der Waals surface area contributed by atoms with E-state index in [-0.39, 0.29) is 11.9 Å². The van der Waals surface area contributed by atoms with Gasteiger partial charge in [0.2, 0.25) is 21.8 Å². The van der Waals surface area contributed by atoms with Crippen molar-refractivity contribution in [1.29, 1.82) is 0 Å². The maximum atomic E-state index is 12.4. The molecule has 9 rings (SSSR count). The molecule has 0 saturated carbocycles. The van der Waals surface area contributed by atoms with Crippen LogP contribution in [-0.4, -0.2) is 80.0 Å². The molecule has 2 saturated heterocycles. The van der Waals surface area contributed by atoms with Crippen LogP contribution in [0.2, 0.25) is 0 Å². The van der Waals surface area contributed by atoms with Crippen LogP contribution in [0.1, 0.15) is 44.9 Å². The fraction of sp³-hybridized carbons (Fsp3) is 0.552. The highest BCUT2D eigenvalue weighted by Gasteiger charge is 2.26. The van der Waals surface area contributed by atoms with Gasteiger partial charge < -0.3 is 24.1 Å². The number of aromatic nitrogens is 3. The van der Waals surface area contributed by atoms with Crippen LogP contribution in [-0.2, 0) is 14.8 Å². The summed E-state index contributed by atoms with van der Waals surface area (Å²) in [5, 5.41) is 17.9. The van der Waals surface area contributed by atoms with Crippen molar-refractivity contribution in [1.82, 2.24) is 15.2 Å². The zero-order valence-corrected chi connectivity index (χ0v) is 24.1. The van der Waals surface area contributed by atoms with Gasteiger partial charge in [-0.2, -0.15) is 0 Å². The van der Waals surface area contributed by atoms with Gasteiger partial charge in [0, 0.05) is 44.5 Å². The normalized spacial score (nSPS) is 21.8. The van der Waals surface area contributed by atoms with Gasteiger partial charge in [0.1, 0.15) is 5.82 Å². The molecule has 2 N–H and O–H groups in total. The number of hydrogen-bond acceptors (Lipinski definition) is 10. The molecule has 0 unspecified atom stereocenters. The molecule has 0 aliphatic carbocycles. The number of nitrogens with zero attached hydrogens (tertiary/aromatic N) is 5. The maximum absolute atomic E-state index is 12.4. The van der Waals surface area contributed by atoms with Gasteiger partial charge in [-0.15, -0.1) is 10.2 Å². The van der Waals surface area contributed by atoms with Crippen molar-refractivity contribution in [3.63, 3.8) is 0 Å². The highest BCUT2D eigenvalue weighted by molar-refractivity contribution is 7.92. The van der Waals surface area contributed by atoms with Gasteiger partial charge in [0.15, 0.2) is 0 Å². The third-order valence-electron chi connectivity index (χ3n) is 8.36. The number of benzene rings is 1. The quantitative estimate of drug-likeness (QED) is 0.466. The first-order valence-electron chi connectivity index (χ1n) is 14.6. The van der Waals surface area contributed by atoms with Gasteiger partial charge in [-0.05, 0) is 68.4 Å². The molecule has 41 heavy (non-hydrogen) atoms. The Morgan fingerprint density at radius 1 is 0.927 bits per heavy atom. The smallest absolute Gasteiger partial charge is 0.250 e. The van der Waals surface area contributed by atoms with Gasteiger partial charge in [-0.3, -0.25) is 4.72 Å². The standard InChI is InChI=1S/C29H38N6O5S/c36-16-18-41(37,38)33-23-4-5-25-26(20-23)34-14-9-24(10-15-34)39-17-2-1-3-21-7-12-35(13-8-21)27-19-22(6-11-30-27)28-31-32-29(25)40-28/h4-6,11,19-21,24,33,36H,1-3,7-10,12-18H2. The lowest BCUT2D eigenvalue weighted by Gasteiger charge is -2.34. The van der Waals surface area contributed by atoms with Crippen LogP contribution in [0.4, 0.5) is 17.2 Å². The van der Waals surface area contributed by atoms with Crippen LogP contribution in [0.25, 0.3) is 22.9 Å². The summed E-state index contributed by atoms with van der Waals surface area (Å²) in [4.78, 5) is 9.19. The van der Waals surface area contributed by atoms with E-state index in [1.54, 1.807) is 18.3 Å². The van der Waals surface area contributed by atoms with Gasteiger partial charge in [0.05, 0.1) is 35.4 Å². The number of nitrogens with one attached hydrogen (secondary N) is 1. The number of ether oxygens (including phenoxy) is 1. The van der Waals surface area contributed by atoms with E-state index in [2.05, 4.69) is 29.7 Å². The van der Waals surface area contributed by atoms with Crippen molar-refractivity contribution >= 4 is 27.2 Å². The molecular formula is C29H38N6O5S. The molecule has 0 spiro atoms. The summed E-state index contributed by atoms with van der Waals surface area (Å²) in [6.45, 7) is 3.84. The number of pyridine rings is 1. The van der Waals surface area contributed by atoms with Crippen molar-refractivity contribution < 1.29 is 22.7 Å². The molecule has 3 aromatic rings. The van der Waals surface area contributed by atoms with Gasteiger partial charge in [-0.25, -0.2) is 13.4 Å². The molecule has 8 heterocycles. The minimum Gasteiger partial charge on any atom is -0.416 e. The zero-order valence-electron chi connectivity index (χ0n) is 23.2. The third kappa shape index (κ3) is 6.65. The van der Waals surface area contributed by atoms with E-state index in [4.69, 9.17) is 14.3 Å². The van der Waals surface area contributed by atoms with Gasteiger partial charge in [0.25, 0.3) is 0 Å². The van der Waals surface area contributed by atoms with E-state index in [0.29, 0.717) is 17.5 Å². The summed E-state index contributed by atoms with van der Waals surface area (Å²) in [6, 6.07) is 9.20. The summed E-state index contributed by atoms with van der Waals surface area (Å²) in [5.74, 6) is 2.08. The Morgan fingerprint density at radius 3 is 2.51 bits per heavy atom. The first-order valence-corrected chi connectivity index (χ1v) is 16.3. The highest BCUT2D eigenvalue weighted by atomic mass is 32.2. The lowest BCUT2D eigenvalue weighted by Crippen LogP contribution is -2.37. The molecule has 0 amide bonds. The molecule has 2 aromatic heterocycles. The maximum Gasteiger partial charge on any atom is 0.250 e. The first-order chi connectivity index (χ1) is 20.0. The van der Waals surface area contributed by atoms with E-state index in [1.165, 1.54) is 25.7 Å². The number of sulfonamides is 1. The van der Waals surface area contributed by atoms with Crippen molar-refractivity contribution in [2.45, 2.75) is 51.0 Å². The van der Waals surface area contributed by atoms with E-state index in [0.717, 1.165) is 80.6 Å². The predicted octanol–water partition coefficient (Wildman–Crippen LogP) is 3.92. The molecule has 0 radical (unpaired) electrons. The molecule has 8 bridgehead atoms. The van der Waals surface area contributed by atoms with E-state index in [9.17, 15) is 8.42 Å². The second kappa shape index (κ2) is 12.3. The van der Waals surface area contributed by atoms with Crippen LogP contribution in [0.15, 0.2) is 40.9 Å². The molecule has 1 aromatic carbocycles. The molecule has 0 atom stereocenters. The summed E-state index contributed by atoms with van der Waals surface area (Å²) in [5.41, 5.74) is 2.78. The van der Waals surface area contributed by atoms with Gasteiger partial charge in [-0.1, -0.05) is 12.8 Å². The fourth-order valence-electron chi connectivity index (χ4n) is 6.06. The Morgan fingerprint density at radius 2 is 1.71 bits per heavy atom. The van der Waals surface area contributed by atoms with E-state index < -0.39 is 16.6 Å². The SMILES string of the molecule is O=S(=O)(CCO)Nc1ccc2c(c1)N1CCC(CC1)OCCCCC1CCN(CC1)c1cc(ccn1)-c1nnc-2o1. The lowest BCUT2D eigenvalue weighted by molar-refractivity contribution is 0.0342. The summed E-state index contributed by atoms with van der Waals surface area (Å²) >= 11 is 0. The average Bonchev–Trinajstić information content (AvgIpc) is 3.47. The molecule has 2 fully saturated rings. The Kier molecular flexibility index (Phi) is 8.40. The van der Waals surface area contributed by atoms with Crippen LogP contribution in [0, 0.1) is 5.92 Å². The number of anilines is 3. The number of piperidine rings is 2. The molecular weight excluding hydrogens is 544 g/mol. The molecule has 6 aliphatic heterocycles. The topological polar surface area (TPSA) is 134 Å². The van der Waals surface area contributed by atoms with Crippen LogP contribution >= 0.6 is 0 Å². The number of aliphatic hydroxyl groups excluding tert-OH is 1. The lowest BCUT2D eigenvalue weighted by atomic mass is 9.91. The summed E-state index contributed by atoms with van der Waals surface area (Å²) < 4.78 is 39.8. The number of rotatable bonds is 4. The molecule has 11 nitrogen and oxygen atoms in total. The highest BCUT2D eigenvalue weighted by Crippen LogP contribution is 2.37. The Hall–Kier alpha value is -3.22. The zero-order chi connectivity index (χ0) is 28.2. The minimum absolute atomic E-state index is 0.215. The Bertz CT molecular complexity index is 1430. The summed E-state index contributed by atoms with van der Waals surface area (Å²) in [7, 11) is -3.67. The van der Waals surface area contributed by atoms with Crippen molar-refractivity contribution in [2.24, 2.45) is 5.92 Å².